The summed E-state index contributed by atoms with van der Waals surface area (Å²) in [6.45, 7) is 1.86. The van der Waals surface area contributed by atoms with Gasteiger partial charge in [0, 0.05) is 0 Å². The minimum Gasteiger partial charge on any atom is -0.319 e. The second kappa shape index (κ2) is 5.33. The highest BCUT2D eigenvalue weighted by atomic mass is 35.5. The van der Waals surface area contributed by atoms with Gasteiger partial charge in [-0.15, -0.1) is 0 Å². The van der Waals surface area contributed by atoms with Crippen LogP contribution in [0, 0.1) is 6.92 Å². The molecule has 0 aliphatic rings. The summed E-state index contributed by atoms with van der Waals surface area (Å²) < 4.78 is 0. The number of rotatable bonds is 2. The number of amides is 1. The second-order valence-corrected chi connectivity index (χ2v) is 4.40. The van der Waals surface area contributed by atoms with Crippen LogP contribution in [0.4, 0.5) is 5.69 Å². The Morgan fingerprint density at radius 2 is 2.00 bits per heavy atom. The normalized spacial score (nSPS) is 10.2. The largest absolute Gasteiger partial charge is 0.319 e. The van der Waals surface area contributed by atoms with E-state index in [0.29, 0.717) is 10.7 Å². The van der Waals surface area contributed by atoms with Crippen molar-refractivity contribution in [3.63, 3.8) is 0 Å². The molecular weight excluding hydrogens is 273 g/mol. The lowest BCUT2D eigenvalue weighted by Gasteiger charge is -2.09. The zero-order chi connectivity index (χ0) is 13.1. The van der Waals surface area contributed by atoms with Crippen LogP contribution in [0.1, 0.15) is 16.1 Å². The molecule has 1 N–H and O–H groups in total. The van der Waals surface area contributed by atoms with E-state index in [4.69, 9.17) is 23.2 Å². The Hall–Kier alpha value is -1.65. The quantitative estimate of drug-likeness (QED) is 0.919. The van der Waals surface area contributed by atoms with Gasteiger partial charge in [-0.2, -0.15) is 0 Å². The lowest BCUT2D eigenvalue weighted by Crippen LogP contribution is -2.15. The van der Waals surface area contributed by atoms with Crippen molar-refractivity contribution in [1.82, 2.24) is 9.97 Å². The Bertz CT molecular complexity index is 564. The van der Waals surface area contributed by atoms with Crippen molar-refractivity contribution in [3.05, 3.63) is 52.0 Å². The molecule has 0 saturated carbocycles. The first-order valence-corrected chi connectivity index (χ1v) is 5.87. The minimum absolute atomic E-state index is 0.179. The summed E-state index contributed by atoms with van der Waals surface area (Å²) in [5.74, 6) is -0.379. The standard InChI is InChI=1S/C12H9Cl2N3O/c1-7-3-2-4-8(13)11(7)17-12(18)9-5-16-10(14)6-15-9/h2-6H,1H3,(H,17,18). The van der Waals surface area contributed by atoms with E-state index in [0.717, 1.165) is 5.56 Å². The van der Waals surface area contributed by atoms with Crippen LogP contribution in [0.25, 0.3) is 0 Å². The minimum atomic E-state index is -0.379. The SMILES string of the molecule is Cc1cccc(Cl)c1NC(=O)c1cnc(Cl)cn1. The van der Waals surface area contributed by atoms with Crippen LogP contribution in [0.15, 0.2) is 30.6 Å². The summed E-state index contributed by atoms with van der Waals surface area (Å²) in [5.41, 5.74) is 1.62. The van der Waals surface area contributed by atoms with E-state index < -0.39 is 0 Å². The zero-order valence-electron chi connectivity index (χ0n) is 9.45. The van der Waals surface area contributed by atoms with Crippen LogP contribution >= 0.6 is 23.2 Å². The summed E-state index contributed by atoms with van der Waals surface area (Å²) in [6.07, 6.45) is 2.62. The van der Waals surface area contributed by atoms with Gasteiger partial charge in [-0.25, -0.2) is 9.97 Å². The van der Waals surface area contributed by atoms with E-state index in [1.807, 2.05) is 19.1 Å². The predicted octanol–water partition coefficient (Wildman–Crippen LogP) is 3.34. The number of carbonyl (C=O) groups excluding carboxylic acids is 1. The molecule has 0 atom stereocenters. The second-order valence-electron chi connectivity index (χ2n) is 3.61. The van der Waals surface area contributed by atoms with Crippen LogP contribution in [0.5, 0.6) is 0 Å². The van der Waals surface area contributed by atoms with Crippen molar-refractivity contribution in [1.29, 1.82) is 0 Å². The number of halogens is 2. The molecule has 1 heterocycles. The van der Waals surface area contributed by atoms with E-state index in [1.165, 1.54) is 12.4 Å². The van der Waals surface area contributed by atoms with Gasteiger partial charge in [0.2, 0.25) is 0 Å². The molecule has 0 aliphatic heterocycles. The molecule has 6 heteroatoms. The Morgan fingerprint density at radius 3 is 2.61 bits per heavy atom. The Labute approximate surface area is 114 Å². The zero-order valence-corrected chi connectivity index (χ0v) is 11.0. The summed E-state index contributed by atoms with van der Waals surface area (Å²) in [5, 5.41) is 3.41. The fourth-order valence-corrected chi connectivity index (χ4v) is 1.76. The molecule has 1 aromatic carbocycles. The summed E-state index contributed by atoms with van der Waals surface area (Å²) >= 11 is 11.6. The molecule has 92 valence electrons. The maximum Gasteiger partial charge on any atom is 0.275 e. The van der Waals surface area contributed by atoms with Gasteiger partial charge in [-0.1, -0.05) is 35.3 Å². The van der Waals surface area contributed by atoms with Crippen molar-refractivity contribution in [3.8, 4) is 0 Å². The highest BCUT2D eigenvalue weighted by Crippen LogP contribution is 2.25. The number of hydrogen-bond acceptors (Lipinski definition) is 3. The Morgan fingerprint density at radius 1 is 1.22 bits per heavy atom. The maximum atomic E-state index is 11.9. The number of anilines is 1. The third kappa shape index (κ3) is 2.78. The van der Waals surface area contributed by atoms with Gasteiger partial charge < -0.3 is 5.32 Å². The molecule has 2 aromatic rings. The van der Waals surface area contributed by atoms with Crippen LogP contribution in [-0.4, -0.2) is 15.9 Å². The first kappa shape index (κ1) is 12.8. The number of para-hydroxylation sites is 1. The summed E-state index contributed by atoms with van der Waals surface area (Å²) in [7, 11) is 0. The average Bonchev–Trinajstić information content (AvgIpc) is 2.34. The van der Waals surface area contributed by atoms with Crippen LogP contribution in [-0.2, 0) is 0 Å². The number of aromatic nitrogens is 2. The van der Waals surface area contributed by atoms with Gasteiger partial charge >= 0.3 is 0 Å². The van der Waals surface area contributed by atoms with Gasteiger partial charge in [0.05, 0.1) is 23.1 Å². The van der Waals surface area contributed by atoms with Crippen molar-refractivity contribution < 1.29 is 4.79 Å². The van der Waals surface area contributed by atoms with Crippen molar-refractivity contribution in [2.75, 3.05) is 5.32 Å². The molecule has 0 aliphatic carbocycles. The van der Waals surface area contributed by atoms with Gasteiger partial charge in [0.25, 0.3) is 5.91 Å². The molecule has 2 rings (SSSR count). The van der Waals surface area contributed by atoms with Crippen molar-refractivity contribution in [2.45, 2.75) is 6.92 Å². The van der Waals surface area contributed by atoms with E-state index in [9.17, 15) is 4.79 Å². The maximum absolute atomic E-state index is 11.9. The lowest BCUT2D eigenvalue weighted by atomic mass is 10.2. The summed E-state index contributed by atoms with van der Waals surface area (Å²) in [6, 6.07) is 5.38. The molecule has 0 saturated heterocycles. The number of hydrogen-bond donors (Lipinski definition) is 1. The number of nitrogens with one attached hydrogen (secondary N) is 1. The smallest absolute Gasteiger partial charge is 0.275 e. The fourth-order valence-electron chi connectivity index (χ4n) is 1.40. The molecule has 1 aromatic heterocycles. The van der Waals surface area contributed by atoms with Crippen LogP contribution < -0.4 is 5.32 Å². The topological polar surface area (TPSA) is 54.9 Å². The molecule has 0 fully saturated rings. The van der Waals surface area contributed by atoms with Gasteiger partial charge in [0.15, 0.2) is 0 Å². The summed E-state index contributed by atoms with van der Waals surface area (Å²) in [4.78, 5) is 19.6. The Kier molecular flexibility index (Phi) is 3.79. The molecule has 0 radical (unpaired) electrons. The predicted molar refractivity (Wildman–Crippen MR) is 71.2 cm³/mol. The number of benzene rings is 1. The molecule has 0 bridgehead atoms. The Balaban J connectivity index is 2.24. The first-order chi connectivity index (χ1) is 8.58. The van der Waals surface area contributed by atoms with E-state index in [2.05, 4.69) is 15.3 Å². The highest BCUT2D eigenvalue weighted by molar-refractivity contribution is 6.34. The molecule has 18 heavy (non-hydrogen) atoms. The van der Waals surface area contributed by atoms with E-state index >= 15 is 0 Å². The van der Waals surface area contributed by atoms with Gasteiger partial charge in [0.1, 0.15) is 10.8 Å². The van der Waals surface area contributed by atoms with Crippen LogP contribution in [0.2, 0.25) is 10.2 Å². The highest BCUT2D eigenvalue weighted by Gasteiger charge is 2.11. The van der Waals surface area contributed by atoms with E-state index in [1.54, 1.807) is 6.07 Å². The van der Waals surface area contributed by atoms with Gasteiger partial charge in [-0.3, -0.25) is 4.79 Å². The molecule has 0 unspecified atom stereocenters. The fraction of sp³-hybridized carbons (Fsp3) is 0.0833. The number of nitrogens with zero attached hydrogens (tertiary/aromatic N) is 2. The third-order valence-electron chi connectivity index (χ3n) is 2.31. The van der Waals surface area contributed by atoms with E-state index in [-0.39, 0.29) is 16.8 Å². The number of aryl methyl sites for hydroxylation is 1. The van der Waals surface area contributed by atoms with Crippen molar-refractivity contribution >= 4 is 34.8 Å². The average molecular weight is 282 g/mol. The molecular formula is C12H9Cl2N3O. The van der Waals surface area contributed by atoms with Crippen molar-refractivity contribution in [2.24, 2.45) is 0 Å². The molecule has 4 nitrogen and oxygen atoms in total. The van der Waals surface area contributed by atoms with Gasteiger partial charge in [-0.05, 0) is 18.6 Å². The van der Waals surface area contributed by atoms with Crippen LogP contribution in [0.3, 0.4) is 0 Å². The number of carbonyl (C=O) groups is 1. The monoisotopic (exact) mass is 281 g/mol. The third-order valence-corrected chi connectivity index (χ3v) is 2.82. The first-order valence-electron chi connectivity index (χ1n) is 5.12. The molecule has 0 spiro atoms. The molecule has 1 amide bonds. The lowest BCUT2D eigenvalue weighted by molar-refractivity contribution is 0.102.